The van der Waals surface area contributed by atoms with Gasteiger partial charge in [-0.1, -0.05) is 22.0 Å². The molecular formula is C17H16BrN5O3. The SMILES string of the molecule is COc1ccc(-c2nnn(CC(=O)Nc3cccc(Br)c3)n2)cc1OC. The lowest BCUT2D eigenvalue weighted by atomic mass is 10.2. The zero-order chi connectivity index (χ0) is 18.5. The number of aromatic nitrogens is 4. The van der Waals surface area contributed by atoms with E-state index >= 15 is 0 Å². The lowest BCUT2D eigenvalue weighted by Gasteiger charge is -2.07. The Morgan fingerprint density at radius 2 is 1.96 bits per heavy atom. The Balaban J connectivity index is 1.70. The number of carbonyl (C=O) groups excluding carboxylic acids is 1. The molecule has 0 unspecified atom stereocenters. The van der Waals surface area contributed by atoms with Crippen LogP contribution in [-0.4, -0.2) is 40.3 Å². The quantitative estimate of drug-likeness (QED) is 0.662. The number of tetrazole rings is 1. The molecule has 1 aromatic heterocycles. The van der Waals surface area contributed by atoms with E-state index in [1.165, 1.54) is 4.80 Å². The fourth-order valence-electron chi connectivity index (χ4n) is 2.30. The van der Waals surface area contributed by atoms with Crippen LogP contribution in [0.5, 0.6) is 11.5 Å². The maximum absolute atomic E-state index is 12.1. The number of anilines is 1. The fraction of sp³-hybridized carbons (Fsp3) is 0.176. The molecule has 1 amide bonds. The Morgan fingerprint density at radius 3 is 2.69 bits per heavy atom. The summed E-state index contributed by atoms with van der Waals surface area (Å²) >= 11 is 3.36. The van der Waals surface area contributed by atoms with E-state index in [1.807, 2.05) is 18.2 Å². The van der Waals surface area contributed by atoms with Crippen molar-refractivity contribution in [3.63, 3.8) is 0 Å². The molecule has 0 saturated heterocycles. The molecule has 1 heterocycles. The van der Waals surface area contributed by atoms with E-state index in [9.17, 15) is 4.79 Å². The summed E-state index contributed by atoms with van der Waals surface area (Å²) in [6.45, 7) is -0.0488. The summed E-state index contributed by atoms with van der Waals surface area (Å²) in [4.78, 5) is 13.4. The molecule has 0 aliphatic carbocycles. The minimum Gasteiger partial charge on any atom is -0.493 e. The van der Waals surface area contributed by atoms with Crippen LogP contribution in [0.1, 0.15) is 0 Å². The summed E-state index contributed by atoms with van der Waals surface area (Å²) in [7, 11) is 3.12. The first-order valence-electron chi connectivity index (χ1n) is 7.64. The van der Waals surface area contributed by atoms with Gasteiger partial charge in [0.2, 0.25) is 11.7 Å². The third kappa shape index (κ3) is 4.17. The Hall–Kier alpha value is -2.94. The van der Waals surface area contributed by atoms with Gasteiger partial charge in [-0.05, 0) is 41.6 Å². The molecule has 0 saturated carbocycles. The second-order valence-electron chi connectivity index (χ2n) is 5.27. The van der Waals surface area contributed by atoms with E-state index in [4.69, 9.17) is 9.47 Å². The van der Waals surface area contributed by atoms with Crippen LogP contribution in [0, 0.1) is 0 Å². The van der Waals surface area contributed by atoms with Gasteiger partial charge in [0, 0.05) is 15.7 Å². The topological polar surface area (TPSA) is 91.2 Å². The molecule has 134 valence electrons. The zero-order valence-corrected chi connectivity index (χ0v) is 15.7. The first-order valence-corrected chi connectivity index (χ1v) is 8.44. The number of nitrogens with zero attached hydrogens (tertiary/aromatic N) is 4. The maximum atomic E-state index is 12.1. The molecule has 1 N–H and O–H groups in total. The van der Waals surface area contributed by atoms with Gasteiger partial charge < -0.3 is 14.8 Å². The van der Waals surface area contributed by atoms with Gasteiger partial charge in [-0.15, -0.1) is 10.2 Å². The highest BCUT2D eigenvalue weighted by molar-refractivity contribution is 9.10. The van der Waals surface area contributed by atoms with Crippen LogP contribution in [0.25, 0.3) is 11.4 Å². The van der Waals surface area contributed by atoms with E-state index in [0.717, 1.165) is 4.47 Å². The summed E-state index contributed by atoms with van der Waals surface area (Å²) in [6.07, 6.45) is 0. The zero-order valence-electron chi connectivity index (χ0n) is 14.1. The average Bonchev–Trinajstić information content (AvgIpc) is 3.09. The number of ether oxygens (including phenoxy) is 2. The van der Waals surface area contributed by atoms with Crippen LogP contribution in [0.15, 0.2) is 46.9 Å². The van der Waals surface area contributed by atoms with Crippen LogP contribution < -0.4 is 14.8 Å². The Morgan fingerprint density at radius 1 is 1.15 bits per heavy atom. The number of nitrogens with one attached hydrogen (secondary N) is 1. The summed E-state index contributed by atoms with van der Waals surface area (Å²) in [5.74, 6) is 1.31. The number of hydrogen-bond donors (Lipinski definition) is 1. The molecule has 0 radical (unpaired) electrons. The van der Waals surface area contributed by atoms with Gasteiger partial charge in [0.05, 0.1) is 14.2 Å². The van der Waals surface area contributed by atoms with Crippen LogP contribution >= 0.6 is 15.9 Å². The molecule has 0 aliphatic heterocycles. The fourth-order valence-corrected chi connectivity index (χ4v) is 2.70. The van der Waals surface area contributed by atoms with Crippen LogP contribution in [0.4, 0.5) is 5.69 Å². The number of amides is 1. The summed E-state index contributed by atoms with van der Waals surface area (Å²) in [5.41, 5.74) is 1.39. The highest BCUT2D eigenvalue weighted by atomic mass is 79.9. The average molecular weight is 418 g/mol. The van der Waals surface area contributed by atoms with Gasteiger partial charge in [-0.3, -0.25) is 4.79 Å². The van der Waals surface area contributed by atoms with Crippen LogP contribution in [-0.2, 0) is 11.3 Å². The van der Waals surface area contributed by atoms with Crippen molar-refractivity contribution in [2.24, 2.45) is 0 Å². The molecule has 0 fully saturated rings. The van der Waals surface area contributed by atoms with E-state index < -0.39 is 0 Å². The van der Waals surface area contributed by atoms with Crippen molar-refractivity contribution in [3.05, 3.63) is 46.9 Å². The van der Waals surface area contributed by atoms with E-state index in [-0.39, 0.29) is 12.5 Å². The van der Waals surface area contributed by atoms with E-state index in [0.29, 0.717) is 28.6 Å². The van der Waals surface area contributed by atoms with Crippen molar-refractivity contribution in [1.82, 2.24) is 20.2 Å². The third-order valence-electron chi connectivity index (χ3n) is 3.49. The van der Waals surface area contributed by atoms with Gasteiger partial charge in [0.15, 0.2) is 11.5 Å². The molecular weight excluding hydrogens is 402 g/mol. The van der Waals surface area contributed by atoms with E-state index in [1.54, 1.807) is 38.5 Å². The standard InChI is InChI=1S/C17H16BrN5O3/c1-25-14-7-6-11(8-15(14)26-2)17-20-22-23(21-17)10-16(24)19-13-5-3-4-12(18)9-13/h3-9H,10H2,1-2H3,(H,19,24). The summed E-state index contributed by atoms with van der Waals surface area (Å²) in [5, 5.41) is 14.9. The van der Waals surface area contributed by atoms with Gasteiger partial charge in [-0.25, -0.2) is 0 Å². The third-order valence-corrected chi connectivity index (χ3v) is 3.98. The van der Waals surface area contributed by atoms with Gasteiger partial charge >= 0.3 is 0 Å². The minimum atomic E-state index is -0.251. The monoisotopic (exact) mass is 417 g/mol. The van der Waals surface area contributed by atoms with Crippen molar-refractivity contribution in [2.75, 3.05) is 19.5 Å². The number of methoxy groups -OCH3 is 2. The number of halogens is 1. The number of carbonyl (C=O) groups is 1. The predicted octanol–water partition coefficient (Wildman–Crippen LogP) is 2.76. The first-order chi connectivity index (χ1) is 12.6. The molecule has 0 spiro atoms. The van der Waals surface area contributed by atoms with Crippen molar-refractivity contribution >= 4 is 27.5 Å². The van der Waals surface area contributed by atoms with Gasteiger partial charge in [0.25, 0.3) is 0 Å². The lowest BCUT2D eigenvalue weighted by Crippen LogP contribution is -2.20. The molecule has 8 nitrogen and oxygen atoms in total. The van der Waals surface area contributed by atoms with Crippen molar-refractivity contribution < 1.29 is 14.3 Å². The first kappa shape index (κ1) is 17.9. The molecule has 26 heavy (non-hydrogen) atoms. The van der Waals surface area contributed by atoms with Crippen molar-refractivity contribution in [1.29, 1.82) is 0 Å². The molecule has 9 heteroatoms. The Bertz CT molecular complexity index is 928. The largest absolute Gasteiger partial charge is 0.493 e. The Kier molecular flexibility index (Phi) is 5.47. The molecule has 0 bridgehead atoms. The van der Waals surface area contributed by atoms with Crippen molar-refractivity contribution in [2.45, 2.75) is 6.54 Å². The van der Waals surface area contributed by atoms with E-state index in [2.05, 4.69) is 36.7 Å². The molecule has 0 aliphatic rings. The molecule has 2 aromatic carbocycles. The second-order valence-corrected chi connectivity index (χ2v) is 6.19. The Labute approximate surface area is 158 Å². The molecule has 3 rings (SSSR count). The number of hydrogen-bond acceptors (Lipinski definition) is 6. The van der Waals surface area contributed by atoms with Crippen LogP contribution in [0.2, 0.25) is 0 Å². The normalized spacial score (nSPS) is 10.4. The smallest absolute Gasteiger partial charge is 0.248 e. The number of benzene rings is 2. The van der Waals surface area contributed by atoms with Crippen LogP contribution in [0.3, 0.4) is 0 Å². The highest BCUT2D eigenvalue weighted by Crippen LogP contribution is 2.30. The highest BCUT2D eigenvalue weighted by Gasteiger charge is 2.12. The maximum Gasteiger partial charge on any atom is 0.248 e. The summed E-state index contributed by atoms with van der Waals surface area (Å²) < 4.78 is 11.4. The van der Waals surface area contributed by atoms with Gasteiger partial charge in [-0.2, -0.15) is 4.80 Å². The molecule has 3 aromatic rings. The second kappa shape index (κ2) is 7.96. The molecule has 0 atom stereocenters. The lowest BCUT2D eigenvalue weighted by molar-refractivity contribution is -0.117. The minimum absolute atomic E-state index is 0.0488. The summed E-state index contributed by atoms with van der Waals surface area (Å²) in [6, 6.07) is 12.6. The number of rotatable bonds is 6. The van der Waals surface area contributed by atoms with Crippen molar-refractivity contribution in [3.8, 4) is 22.9 Å². The predicted molar refractivity (Wildman–Crippen MR) is 99.1 cm³/mol. The van der Waals surface area contributed by atoms with Gasteiger partial charge in [0.1, 0.15) is 6.54 Å².